The normalized spacial score (nSPS) is 15.6. The van der Waals surface area contributed by atoms with Crippen LogP contribution in [0.15, 0.2) is 36.7 Å². The van der Waals surface area contributed by atoms with Crippen LogP contribution < -0.4 is 4.74 Å². The molecular formula is C24H22ClF2N5O2. The summed E-state index contributed by atoms with van der Waals surface area (Å²) < 4.78 is 32.9. The second-order valence-electron chi connectivity index (χ2n) is 8.08. The molecule has 3 heterocycles. The van der Waals surface area contributed by atoms with Crippen LogP contribution in [-0.4, -0.2) is 51.2 Å². The van der Waals surface area contributed by atoms with Crippen molar-refractivity contribution in [3.63, 3.8) is 0 Å². The van der Waals surface area contributed by atoms with Crippen LogP contribution in [0, 0.1) is 30.9 Å². The summed E-state index contributed by atoms with van der Waals surface area (Å²) >= 11 is 6.16. The Kier molecular flexibility index (Phi) is 6.83. The molecule has 1 fully saturated rings. The van der Waals surface area contributed by atoms with Crippen molar-refractivity contribution in [3.8, 4) is 5.75 Å². The molecule has 0 aliphatic carbocycles. The first-order valence-corrected chi connectivity index (χ1v) is 11.0. The summed E-state index contributed by atoms with van der Waals surface area (Å²) in [6.45, 7) is 3.95. The molecule has 7 nitrogen and oxygen atoms in total. The van der Waals surface area contributed by atoms with Gasteiger partial charge in [-0.15, -0.1) is 0 Å². The molecule has 0 saturated carbocycles. The van der Waals surface area contributed by atoms with Gasteiger partial charge in [-0.25, -0.2) is 18.7 Å². The van der Waals surface area contributed by atoms with Crippen molar-refractivity contribution in [2.75, 3.05) is 19.7 Å². The van der Waals surface area contributed by atoms with Gasteiger partial charge in [0.05, 0.1) is 47.2 Å². The number of ether oxygens (including phenoxy) is 1. The number of likely N-dealkylation sites (tertiary alicyclic amines) is 1. The van der Waals surface area contributed by atoms with E-state index < -0.39 is 23.5 Å². The molecule has 1 amide bonds. The number of halogens is 3. The highest BCUT2D eigenvalue weighted by Crippen LogP contribution is 2.29. The van der Waals surface area contributed by atoms with Gasteiger partial charge in [-0.05, 0) is 37.6 Å². The van der Waals surface area contributed by atoms with Gasteiger partial charge in [0.15, 0.2) is 0 Å². The van der Waals surface area contributed by atoms with Gasteiger partial charge in [-0.2, -0.15) is 0 Å². The predicted octanol–water partition coefficient (Wildman–Crippen LogP) is 4.30. The van der Waals surface area contributed by atoms with E-state index in [1.165, 1.54) is 29.3 Å². The first-order chi connectivity index (χ1) is 16.2. The van der Waals surface area contributed by atoms with Crippen molar-refractivity contribution in [1.82, 2.24) is 19.9 Å². The second kappa shape index (κ2) is 9.80. The summed E-state index contributed by atoms with van der Waals surface area (Å²) in [4.78, 5) is 27.4. The van der Waals surface area contributed by atoms with E-state index in [4.69, 9.17) is 21.7 Å². The molecular weight excluding hydrogens is 464 g/mol. The highest BCUT2D eigenvalue weighted by Gasteiger charge is 2.35. The lowest BCUT2D eigenvalue weighted by atomic mass is 10.1. The second-order valence-corrected chi connectivity index (χ2v) is 8.46. The molecule has 0 bridgehead atoms. The molecule has 1 N–H and O–H groups in total. The molecule has 1 aliphatic heterocycles. The average molecular weight is 486 g/mol. The standard InChI is InChI=1S/C24H22ClF2N5O2/c1-13-22(25)14(2)31-23(30-13)19-11-32(12-20(19)28)24(33)18-4-3-16(26)8-21(18)34-6-5-15-7-17(27)10-29-9-15/h3-4,7-10,19,28H,5-6,11-12H2,1-2H3. The maximum Gasteiger partial charge on any atom is 0.257 e. The predicted molar refractivity (Wildman–Crippen MR) is 123 cm³/mol. The van der Waals surface area contributed by atoms with E-state index in [0.29, 0.717) is 39.9 Å². The SMILES string of the molecule is Cc1nc(C2CN(C(=O)c3ccc(F)cc3OCCc3cncc(F)c3)CC2=N)nc(C)c1Cl. The molecule has 1 unspecified atom stereocenters. The Hall–Kier alpha value is -3.46. The minimum absolute atomic E-state index is 0.0822. The third kappa shape index (κ3) is 5.04. The lowest BCUT2D eigenvalue weighted by Gasteiger charge is -2.18. The fourth-order valence-corrected chi connectivity index (χ4v) is 3.91. The van der Waals surface area contributed by atoms with Gasteiger partial charge >= 0.3 is 0 Å². The molecule has 2 aromatic heterocycles. The number of hydrogen-bond acceptors (Lipinski definition) is 6. The van der Waals surface area contributed by atoms with Gasteiger partial charge in [0, 0.05) is 30.9 Å². The van der Waals surface area contributed by atoms with E-state index in [2.05, 4.69) is 15.0 Å². The van der Waals surface area contributed by atoms with Crippen LogP contribution in [0.3, 0.4) is 0 Å². The van der Waals surface area contributed by atoms with Crippen LogP contribution in [-0.2, 0) is 6.42 Å². The maximum atomic E-state index is 13.9. The number of pyridine rings is 1. The average Bonchev–Trinajstić information content (AvgIpc) is 3.18. The summed E-state index contributed by atoms with van der Waals surface area (Å²) in [5.41, 5.74) is 2.33. The van der Waals surface area contributed by atoms with Gasteiger partial charge in [-0.1, -0.05) is 11.6 Å². The summed E-state index contributed by atoms with van der Waals surface area (Å²) in [5, 5.41) is 8.88. The number of carbonyl (C=O) groups excluding carboxylic acids is 1. The third-order valence-electron chi connectivity index (χ3n) is 5.57. The van der Waals surface area contributed by atoms with Crippen molar-refractivity contribution in [2.24, 2.45) is 0 Å². The minimum atomic E-state index is -0.550. The Bertz CT molecular complexity index is 1250. The summed E-state index contributed by atoms with van der Waals surface area (Å²) in [6.07, 6.45) is 2.95. The van der Waals surface area contributed by atoms with Gasteiger partial charge in [-0.3, -0.25) is 9.78 Å². The summed E-state index contributed by atoms with van der Waals surface area (Å²) in [5.74, 6) is -1.33. The van der Waals surface area contributed by atoms with Crippen molar-refractivity contribution >= 4 is 23.2 Å². The van der Waals surface area contributed by atoms with E-state index >= 15 is 0 Å². The number of hydrogen-bond donors (Lipinski definition) is 1. The Morgan fingerprint density at radius 3 is 2.62 bits per heavy atom. The molecule has 1 aliphatic rings. The fourth-order valence-electron chi connectivity index (χ4n) is 3.82. The van der Waals surface area contributed by atoms with Crippen LogP contribution in [0.5, 0.6) is 5.75 Å². The number of nitrogens with one attached hydrogen (secondary N) is 1. The molecule has 10 heteroatoms. The van der Waals surface area contributed by atoms with Crippen molar-refractivity contribution in [3.05, 3.63) is 81.7 Å². The molecule has 1 atom stereocenters. The quantitative estimate of drug-likeness (QED) is 0.562. The number of aryl methyl sites for hydroxylation is 2. The van der Waals surface area contributed by atoms with Crippen LogP contribution in [0.4, 0.5) is 8.78 Å². The van der Waals surface area contributed by atoms with Gasteiger partial charge in [0.25, 0.3) is 5.91 Å². The number of aromatic nitrogens is 3. The van der Waals surface area contributed by atoms with E-state index in [1.54, 1.807) is 13.8 Å². The number of benzene rings is 1. The third-order valence-corrected chi connectivity index (χ3v) is 6.11. The highest BCUT2D eigenvalue weighted by molar-refractivity contribution is 6.31. The topological polar surface area (TPSA) is 92.1 Å². The molecule has 4 rings (SSSR count). The van der Waals surface area contributed by atoms with Crippen LogP contribution in [0.25, 0.3) is 0 Å². The van der Waals surface area contributed by atoms with E-state index in [9.17, 15) is 13.6 Å². The first kappa shape index (κ1) is 23.7. The van der Waals surface area contributed by atoms with E-state index in [0.717, 1.165) is 12.3 Å². The highest BCUT2D eigenvalue weighted by atomic mass is 35.5. The molecule has 0 radical (unpaired) electrons. The van der Waals surface area contributed by atoms with E-state index in [1.807, 2.05) is 0 Å². The molecule has 1 aromatic carbocycles. The number of amides is 1. The van der Waals surface area contributed by atoms with Crippen LogP contribution in [0.2, 0.25) is 5.02 Å². The Morgan fingerprint density at radius 1 is 1.18 bits per heavy atom. The molecule has 0 spiro atoms. The first-order valence-electron chi connectivity index (χ1n) is 10.6. The fraction of sp³-hybridized carbons (Fsp3) is 0.292. The number of carbonyl (C=O) groups is 1. The van der Waals surface area contributed by atoms with Crippen LogP contribution in [0.1, 0.15) is 39.1 Å². The number of nitrogens with zero attached hydrogens (tertiary/aromatic N) is 4. The molecule has 34 heavy (non-hydrogen) atoms. The summed E-state index contributed by atoms with van der Waals surface area (Å²) in [6, 6.07) is 5.03. The zero-order chi connectivity index (χ0) is 24.4. The van der Waals surface area contributed by atoms with Crippen molar-refractivity contribution in [1.29, 1.82) is 5.41 Å². The molecule has 3 aromatic rings. The zero-order valence-electron chi connectivity index (χ0n) is 18.6. The van der Waals surface area contributed by atoms with E-state index in [-0.39, 0.29) is 31.0 Å². The maximum absolute atomic E-state index is 13.9. The van der Waals surface area contributed by atoms with Gasteiger partial charge in [0.1, 0.15) is 23.2 Å². The Morgan fingerprint density at radius 2 is 1.91 bits per heavy atom. The van der Waals surface area contributed by atoms with Gasteiger partial charge < -0.3 is 15.0 Å². The lowest BCUT2D eigenvalue weighted by molar-refractivity contribution is 0.0790. The molecule has 1 saturated heterocycles. The largest absolute Gasteiger partial charge is 0.492 e. The minimum Gasteiger partial charge on any atom is -0.492 e. The monoisotopic (exact) mass is 485 g/mol. The van der Waals surface area contributed by atoms with Crippen molar-refractivity contribution < 1.29 is 18.3 Å². The smallest absolute Gasteiger partial charge is 0.257 e. The zero-order valence-corrected chi connectivity index (χ0v) is 19.4. The molecule has 176 valence electrons. The van der Waals surface area contributed by atoms with Crippen molar-refractivity contribution in [2.45, 2.75) is 26.2 Å². The lowest BCUT2D eigenvalue weighted by Crippen LogP contribution is -2.29. The van der Waals surface area contributed by atoms with Gasteiger partial charge in [0.2, 0.25) is 0 Å². The Balaban J connectivity index is 1.50. The Labute approximate surface area is 200 Å². The number of rotatable bonds is 6. The van der Waals surface area contributed by atoms with Crippen LogP contribution >= 0.6 is 11.6 Å². The summed E-state index contributed by atoms with van der Waals surface area (Å²) in [7, 11) is 0.